The van der Waals surface area contributed by atoms with E-state index in [2.05, 4.69) is 134 Å². The average Bonchev–Trinajstić information content (AvgIpc) is 3.71. The van der Waals surface area contributed by atoms with Crippen LogP contribution in [0.3, 0.4) is 0 Å². The Morgan fingerprint density at radius 1 is 0.426 bits per heavy atom. The molecule has 0 radical (unpaired) electrons. The Morgan fingerprint density at radius 2 is 1.07 bits per heavy atom. The van der Waals surface area contributed by atoms with Crippen LogP contribution in [0.15, 0.2) is 162 Å². The summed E-state index contributed by atoms with van der Waals surface area (Å²) >= 11 is 0. The SMILES string of the molecule is CC1(C)c2ccccc2-c2cc3c(ccc4ccc(-c5nc(-c6ccc(-c7cccnc7)cc6)nc(-c6ccc7c(c6)oc6ccccc67)n5)cc43)cc21. The van der Waals surface area contributed by atoms with Crippen molar-refractivity contribution in [3.8, 4) is 56.4 Å². The lowest BCUT2D eigenvalue weighted by Crippen LogP contribution is -2.14. The lowest BCUT2D eigenvalue weighted by Gasteiger charge is -2.21. The Balaban J connectivity index is 1.09. The van der Waals surface area contributed by atoms with E-state index in [-0.39, 0.29) is 5.41 Å². The van der Waals surface area contributed by atoms with Gasteiger partial charge in [0.05, 0.1) is 0 Å². The molecule has 0 saturated carbocycles. The topological polar surface area (TPSA) is 64.7 Å². The number of hydrogen-bond donors (Lipinski definition) is 0. The third-order valence-electron chi connectivity index (χ3n) is 11.2. The largest absolute Gasteiger partial charge is 0.456 e. The number of pyridine rings is 1. The molecular weight excluding hydrogens is 661 g/mol. The predicted octanol–water partition coefficient (Wildman–Crippen LogP) is 12.4. The summed E-state index contributed by atoms with van der Waals surface area (Å²) in [6.07, 6.45) is 3.66. The molecule has 0 saturated heterocycles. The molecule has 254 valence electrons. The van der Waals surface area contributed by atoms with Gasteiger partial charge < -0.3 is 4.42 Å². The van der Waals surface area contributed by atoms with Gasteiger partial charge in [-0.3, -0.25) is 4.98 Å². The molecule has 0 N–H and O–H groups in total. The molecule has 0 fully saturated rings. The summed E-state index contributed by atoms with van der Waals surface area (Å²) < 4.78 is 6.28. The number of aromatic nitrogens is 4. The molecular formula is C49H32N4O. The Morgan fingerprint density at radius 3 is 1.91 bits per heavy atom. The van der Waals surface area contributed by atoms with Crippen LogP contribution >= 0.6 is 0 Å². The molecule has 0 unspecified atom stereocenters. The first-order valence-electron chi connectivity index (χ1n) is 18.3. The van der Waals surface area contributed by atoms with Crippen LogP contribution in [0, 0.1) is 0 Å². The van der Waals surface area contributed by atoms with Gasteiger partial charge >= 0.3 is 0 Å². The van der Waals surface area contributed by atoms with Gasteiger partial charge in [0.1, 0.15) is 11.2 Å². The minimum atomic E-state index is -0.0593. The summed E-state index contributed by atoms with van der Waals surface area (Å²) in [4.78, 5) is 19.7. The molecule has 3 aromatic heterocycles. The van der Waals surface area contributed by atoms with E-state index in [0.717, 1.165) is 49.8 Å². The molecule has 0 amide bonds. The lowest BCUT2D eigenvalue weighted by atomic mass is 9.81. The highest BCUT2D eigenvalue weighted by Gasteiger charge is 2.35. The second-order valence-corrected chi connectivity index (χ2v) is 14.7. The molecule has 5 heteroatoms. The second kappa shape index (κ2) is 11.5. The van der Waals surface area contributed by atoms with Crippen molar-refractivity contribution in [1.29, 1.82) is 0 Å². The Hall–Kier alpha value is -6.98. The van der Waals surface area contributed by atoms with Crippen molar-refractivity contribution in [1.82, 2.24) is 19.9 Å². The normalized spacial score (nSPS) is 13.1. The number of benzene rings is 7. The molecule has 5 nitrogen and oxygen atoms in total. The van der Waals surface area contributed by atoms with Crippen LogP contribution in [0.1, 0.15) is 25.0 Å². The molecule has 0 aliphatic heterocycles. The van der Waals surface area contributed by atoms with Gasteiger partial charge in [-0.1, -0.05) is 117 Å². The van der Waals surface area contributed by atoms with Crippen molar-refractivity contribution < 1.29 is 4.42 Å². The first kappa shape index (κ1) is 30.6. The van der Waals surface area contributed by atoms with Crippen molar-refractivity contribution in [3.63, 3.8) is 0 Å². The van der Waals surface area contributed by atoms with E-state index in [9.17, 15) is 0 Å². The number of nitrogens with zero attached hydrogens (tertiary/aromatic N) is 4. The highest BCUT2D eigenvalue weighted by Crippen LogP contribution is 2.50. The quantitative estimate of drug-likeness (QED) is 0.172. The molecule has 3 heterocycles. The molecule has 0 spiro atoms. The van der Waals surface area contributed by atoms with Crippen LogP contribution in [0.25, 0.3) is 99.9 Å². The van der Waals surface area contributed by atoms with Gasteiger partial charge in [0.2, 0.25) is 0 Å². The maximum Gasteiger partial charge on any atom is 0.164 e. The summed E-state index contributed by atoms with van der Waals surface area (Å²) in [7, 11) is 0. The fraction of sp³-hybridized carbons (Fsp3) is 0.0612. The van der Waals surface area contributed by atoms with Gasteiger partial charge in [-0.15, -0.1) is 0 Å². The summed E-state index contributed by atoms with van der Waals surface area (Å²) in [5.41, 5.74) is 11.8. The summed E-state index contributed by atoms with van der Waals surface area (Å²) in [5, 5.41) is 6.94. The zero-order valence-corrected chi connectivity index (χ0v) is 29.7. The number of para-hydroxylation sites is 1. The van der Waals surface area contributed by atoms with Gasteiger partial charge in [0.25, 0.3) is 0 Å². The van der Waals surface area contributed by atoms with E-state index in [1.165, 1.54) is 43.8 Å². The summed E-state index contributed by atoms with van der Waals surface area (Å²) in [5.74, 6) is 1.80. The zero-order chi connectivity index (χ0) is 36.0. The minimum absolute atomic E-state index is 0.0593. The monoisotopic (exact) mass is 692 g/mol. The van der Waals surface area contributed by atoms with Gasteiger partial charge in [0, 0.05) is 45.3 Å². The molecule has 10 aromatic rings. The number of hydrogen-bond acceptors (Lipinski definition) is 5. The smallest absolute Gasteiger partial charge is 0.164 e. The van der Waals surface area contributed by atoms with Crippen molar-refractivity contribution in [2.24, 2.45) is 0 Å². The summed E-state index contributed by atoms with van der Waals surface area (Å²) in [6.45, 7) is 4.66. The highest BCUT2D eigenvalue weighted by molar-refractivity contribution is 6.11. The van der Waals surface area contributed by atoms with Crippen molar-refractivity contribution in [2.75, 3.05) is 0 Å². The first-order valence-corrected chi connectivity index (χ1v) is 18.3. The van der Waals surface area contributed by atoms with Crippen molar-refractivity contribution >= 4 is 43.5 Å². The van der Waals surface area contributed by atoms with E-state index >= 15 is 0 Å². The predicted molar refractivity (Wildman–Crippen MR) is 219 cm³/mol. The number of fused-ring (bicyclic) bond motifs is 9. The molecule has 54 heavy (non-hydrogen) atoms. The van der Waals surface area contributed by atoms with Crippen LogP contribution < -0.4 is 0 Å². The Kier molecular flexibility index (Phi) is 6.53. The van der Waals surface area contributed by atoms with Crippen LogP contribution in [-0.2, 0) is 5.41 Å². The number of rotatable bonds is 4. The van der Waals surface area contributed by atoms with E-state index < -0.39 is 0 Å². The van der Waals surface area contributed by atoms with Crippen molar-refractivity contribution in [3.05, 3.63) is 169 Å². The second-order valence-electron chi connectivity index (χ2n) is 14.7. The molecule has 1 aliphatic carbocycles. The zero-order valence-electron chi connectivity index (χ0n) is 29.7. The van der Waals surface area contributed by atoms with E-state index in [1.54, 1.807) is 6.20 Å². The Labute approximate surface area is 311 Å². The fourth-order valence-electron chi connectivity index (χ4n) is 8.36. The van der Waals surface area contributed by atoms with Crippen LogP contribution in [0.4, 0.5) is 0 Å². The van der Waals surface area contributed by atoms with Gasteiger partial charge in [-0.05, 0) is 97.4 Å². The van der Waals surface area contributed by atoms with Crippen LogP contribution in [-0.4, -0.2) is 19.9 Å². The van der Waals surface area contributed by atoms with E-state index in [1.807, 2.05) is 36.5 Å². The minimum Gasteiger partial charge on any atom is -0.456 e. The van der Waals surface area contributed by atoms with Gasteiger partial charge in [-0.25, -0.2) is 15.0 Å². The molecule has 11 rings (SSSR count). The third kappa shape index (κ3) is 4.72. The number of furan rings is 1. The maximum absolute atomic E-state index is 6.28. The maximum atomic E-state index is 6.28. The van der Waals surface area contributed by atoms with E-state index in [0.29, 0.717) is 17.5 Å². The molecule has 0 atom stereocenters. The Bertz CT molecular complexity index is 3130. The van der Waals surface area contributed by atoms with Gasteiger partial charge in [0.15, 0.2) is 17.5 Å². The highest BCUT2D eigenvalue weighted by atomic mass is 16.3. The first-order chi connectivity index (χ1) is 26.5. The molecule has 0 bridgehead atoms. The van der Waals surface area contributed by atoms with Crippen molar-refractivity contribution in [2.45, 2.75) is 19.3 Å². The van der Waals surface area contributed by atoms with Crippen LogP contribution in [0.2, 0.25) is 0 Å². The summed E-state index contributed by atoms with van der Waals surface area (Å²) in [6, 6.07) is 51.3. The average molecular weight is 693 g/mol. The van der Waals surface area contributed by atoms with E-state index in [4.69, 9.17) is 19.4 Å². The van der Waals surface area contributed by atoms with Crippen LogP contribution in [0.5, 0.6) is 0 Å². The molecule has 1 aliphatic rings. The van der Waals surface area contributed by atoms with Gasteiger partial charge in [-0.2, -0.15) is 0 Å². The fourth-order valence-corrected chi connectivity index (χ4v) is 8.36. The lowest BCUT2D eigenvalue weighted by molar-refractivity contribution is 0.661. The third-order valence-corrected chi connectivity index (χ3v) is 11.2. The standard InChI is InChI=1S/C49H32N4O/c1-49(2)42-11-5-3-9-36(42)41-27-40-32(25-43(41)49)19-15-30-16-20-33(24-39(30)40)47-51-46(31-17-13-29(14-18-31)35-8-7-23-50-28-35)52-48(53-47)34-21-22-38-37-10-4-6-12-44(37)54-45(38)26-34/h3-28H,1-2H3. The molecule has 7 aromatic carbocycles.